The quantitative estimate of drug-likeness (QED) is 0.694. The Bertz CT molecular complexity index is 987. The molecule has 0 spiro atoms. The Morgan fingerprint density at radius 3 is 2.44 bits per heavy atom. The lowest BCUT2D eigenvalue weighted by Gasteiger charge is -2.09. The lowest BCUT2D eigenvalue weighted by Crippen LogP contribution is -2.32. The van der Waals surface area contributed by atoms with E-state index in [-0.39, 0.29) is 24.2 Å². The van der Waals surface area contributed by atoms with Crippen molar-refractivity contribution in [2.45, 2.75) is 46.5 Å². The van der Waals surface area contributed by atoms with Crippen molar-refractivity contribution in [1.82, 2.24) is 19.4 Å². The van der Waals surface area contributed by atoms with E-state index in [0.29, 0.717) is 19.0 Å². The van der Waals surface area contributed by atoms with E-state index >= 15 is 0 Å². The summed E-state index contributed by atoms with van der Waals surface area (Å²) in [4.78, 5) is 29.2. The summed E-state index contributed by atoms with van der Waals surface area (Å²) in [5, 5.41) is 2.84. The number of aryl methyl sites for hydroxylation is 1. The topological polar surface area (TPSA) is 78.2 Å². The van der Waals surface area contributed by atoms with E-state index in [4.69, 9.17) is 4.74 Å². The highest BCUT2D eigenvalue weighted by molar-refractivity contribution is 5.80. The Balaban J connectivity index is 1.67. The molecule has 0 saturated heterocycles. The molecule has 0 atom stereocenters. The second kappa shape index (κ2) is 8.07. The van der Waals surface area contributed by atoms with Crippen molar-refractivity contribution in [1.29, 1.82) is 0 Å². The molecule has 0 fully saturated rings. The van der Waals surface area contributed by atoms with Crippen LogP contribution in [0.3, 0.4) is 0 Å². The Hall–Kier alpha value is -3.09. The van der Waals surface area contributed by atoms with Gasteiger partial charge in [-0.25, -0.2) is 9.78 Å². The average Bonchev–Trinajstić information content (AvgIpc) is 2.92. The van der Waals surface area contributed by atoms with Crippen molar-refractivity contribution >= 4 is 16.9 Å². The summed E-state index contributed by atoms with van der Waals surface area (Å²) >= 11 is 0. The van der Waals surface area contributed by atoms with Crippen LogP contribution < -0.4 is 15.7 Å². The zero-order chi connectivity index (χ0) is 19.4. The van der Waals surface area contributed by atoms with E-state index in [1.807, 2.05) is 51.1 Å². The number of hydrogen-bond acceptors (Lipinski definition) is 4. The lowest BCUT2D eigenvalue weighted by atomic mass is 10.3. The molecule has 1 N–H and O–H groups in total. The molecule has 7 heteroatoms. The average molecular weight is 368 g/mol. The number of amides is 1. The molecule has 0 radical (unpaired) electrons. The van der Waals surface area contributed by atoms with E-state index in [1.54, 1.807) is 16.8 Å². The molecule has 2 heterocycles. The minimum absolute atomic E-state index is 0.0195. The van der Waals surface area contributed by atoms with Gasteiger partial charge in [-0.05, 0) is 38.5 Å². The standard InChI is InChI=1S/C20H24N4O3/c1-4-23-16-7-5-6-8-17(16)24(20(23)26)13-18(25)21-11-15-9-10-19(22-12-15)27-14(2)3/h5-10,12,14H,4,11,13H2,1-3H3,(H,21,25). The minimum Gasteiger partial charge on any atom is -0.475 e. The number of carbonyl (C=O) groups is 1. The van der Waals surface area contributed by atoms with Crippen LogP contribution in [0.4, 0.5) is 0 Å². The smallest absolute Gasteiger partial charge is 0.329 e. The number of fused-ring (bicyclic) bond motifs is 1. The van der Waals surface area contributed by atoms with E-state index in [0.717, 1.165) is 16.6 Å². The number of pyridine rings is 1. The predicted molar refractivity (Wildman–Crippen MR) is 104 cm³/mol. The number of para-hydroxylation sites is 2. The van der Waals surface area contributed by atoms with Crippen LogP contribution in [0.15, 0.2) is 47.4 Å². The van der Waals surface area contributed by atoms with Crippen LogP contribution in [-0.2, 0) is 24.4 Å². The number of ether oxygens (including phenoxy) is 1. The fourth-order valence-electron chi connectivity index (χ4n) is 2.96. The van der Waals surface area contributed by atoms with Gasteiger partial charge in [0.25, 0.3) is 0 Å². The molecule has 7 nitrogen and oxygen atoms in total. The number of nitrogens with one attached hydrogen (secondary N) is 1. The van der Waals surface area contributed by atoms with Gasteiger partial charge in [0.2, 0.25) is 11.8 Å². The first-order chi connectivity index (χ1) is 13.0. The molecule has 0 bridgehead atoms. The number of imidazole rings is 1. The first-order valence-corrected chi connectivity index (χ1v) is 9.06. The third kappa shape index (κ3) is 4.19. The number of benzene rings is 1. The number of nitrogens with zero attached hydrogens (tertiary/aromatic N) is 3. The van der Waals surface area contributed by atoms with Crippen LogP contribution in [0.25, 0.3) is 11.0 Å². The van der Waals surface area contributed by atoms with E-state index in [9.17, 15) is 9.59 Å². The summed E-state index contributed by atoms with van der Waals surface area (Å²) < 4.78 is 8.67. The van der Waals surface area contributed by atoms with Gasteiger partial charge in [-0.2, -0.15) is 0 Å². The maximum absolute atomic E-state index is 12.6. The van der Waals surface area contributed by atoms with Crippen LogP contribution in [-0.4, -0.2) is 26.1 Å². The van der Waals surface area contributed by atoms with Crippen LogP contribution in [0.1, 0.15) is 26.3 Å². The maximum Gasteiger partial charge on any atom is 0.329 e. The Morgan fingerprint density at radius 2 is 1.85 bits per heavy atom. The molecule has 1 amide bonds. The molecule has 27 heavy (non-hydrogen) atoms. The molecule has 0 aliphatic carbocycles. The third-order valence-electron chi connectivity index (χ3n) is 4.19. The fraction of sp³-hybridized carbons (Fsp3) is 0.350. The van der Waals surface area contributed by atoms with Crippen molar-refractivity contribution in [3.8, 4) is 5.88 Å². The van der Waals surface area contributed by atoms with Crippen molar-refractivity contribution in [2.24, 2.45) is 0 Å². The minimum atomic E-state index is -0.224. The van der Waals surface area contributed by atoms with Crippen molar-refractivity contribution in [3.05, 3.63) is 58.6 Å². The Labute approximate surface area is 157 Å². The van der Waals surface area contributed by atoms with Gasteiger partial charge < -0.3 is 10.1 Å². The maximum atomic E-state index is 12.6. The first kappa shape index (κ1) is 18.7. The molecule has 0 unspecified atom stereocenters. The molecule has 3 aromatic rings. The summed E-state index contributed by atoms with van der Waals surface area (Å²) in [5.74, 6) is 0.331. The molecule has 0 saturated carbocycles. The van der Waals surface area contributed by atoms with Crippen molar-refractivity contribution in [2.75, 3.05) is 0 Å². The van der Waals surface area contributed by atoms with Gasteiger partial charge in [-0.1, -0.05) is 18.2 Å². The summed E-state index contributed by atoms with van der Waals surface area (Å²) in [7, 11) is 0. The third-order valence-corrected chi connectivity index (χ3v) is 4.19. The van der Waals surface area contributed by atoms with Crippen LogP contribution in [0.5, 0.6) is 5.88 Å². The zero-order valence-electron chi connectivity index (χ0n) is 15.8. The number of hydrogen-bond donors (Lipinski definition) is 1. The monoisotopic (exact) mass is 368 g/mol. The summed E-state index contributed by atoms with van der Waals surface area (Å²) in [5.41, 5.74) is 2.28. The molecule has 1 aromatic carbocycles. The summed E-state index contributed by atoms with van der Waals surface area (Å²) in [6.07, 6.45) is 1.74. The van der Waals surface area contributed by atoms with E-state index in [1.165, 1.54) is 4.57 Å². The normalized spacial score (nSPS) is 11.1. The molecule has 0 aliphatic rings. The van der Waals surface area contributed by atoms with Gasteiger partial charge in [0.05, 0.1) is 17.1 Å². The highest BCUT2D eigenvalue weighted by atomic mass is 16.5. The molecular formula is C20H24N4O3. The fourth-order valence-corrected chi connectivity index (χ4v) is 2.96. The molecule has 142 valence electrons. The van der Waals surface area contributed by atoms with E-state index in [2.05, 4.69) is 10.3 Å². The second-order valence-corrected chi connectivity index (χ2v) is 6.55. The Morgan fingerprint density at radius 1 is 1.15 bits per heavy atom. The lowest BCUT2D eigenvalue weighted by molar-refractivity contribution is -0.121. The number of carbonyl (C=O) groups excluding carboxylic acids is 1. The number of aromatic nitrogens is 3. The van der Waals surface area contributed by atoms with Gasteiger partial charge >= 0.3 is 5.69 Å². The molecule has 3 rings (SSSR count). The van der Waals surface area contributed by atoms with Crippen molar-refractivity contribution in [3.63, 3.8) is 0 Å². The van der Waals surface area contributed by atoms with Gasteiger partial charge in [-0.3, -0.25) is 13.9 Å². The predicted octanol–water partition coefficient (Wildman–Crippen LogP) is 2.32. The first-order valence-electron chi connectivity index (χ1n) is 9.06. The van der Waals surface area contributed by atoms with Gasteiger partial charge in [-0.15, -0.1) is 0 Å². The summed E-state index contributed by atoms with van der Waals surface area (Å²) in [6, 6.07) is 11.1. The molecule has 0 aliphatic heterocycles. The van der Waals surface area contributed by atoms with Crippen LogP contribution in [0, 0.1) is 0 Å². The second-order valence-electron chi connectivity index (χ2n) is 6.55. The van der Waals surface area contributed by atoms with Crippen LogP contribution in [0.2, 0.25) is 0 Å². The van der Waals surface area contributed by atoms with Gasteiger partial charge in [0.1, 0.15) is 6.54 Å². The zero-order valence-corrected chi connectivity index (χ0v) is 15.8. The van der Waals surface area contributed by atoms with Crippen LogP contribution >= 0.6 is 0 Å². The van der Waals surface area contributed by atoms with Gasteiger partial charge in [0.15, 0.2) is 0 Å². The highest BCUT2D eigenvalue weighted by Gasteiger charge is 2.14. The largest absolute Gasteiger partial charge is 0.475 e. The SMILES string of the molecule is CCn1c(=O)n(CC(=O)NCc2ccc(OC(C)C)nc2)c2ccccc21. The van der Waals surface area contributed by atoms with Gasteiger partial charge in [0, 0.05) is 25.4 Å². The Kier molecular flexibility index (Phi) is 5.59. The van der Waals surface area contributed by atoms with E-state index < -0.39 is 0 Å². The molecule has 2 aromatic heterocycles. The number of rotatable bonds is 7. The summed E-state index contributed by atoms with van der Waals surface area (Å²) in [6.45, 7) is 6.67. The van der Waals surface area contributed by atoms with Crippen molar-refractivity contribution < 1.29 is 9.53 Å². The molecular weight excluding hydrogens is 344 g/mol. The highest BCUT2D eigenvalue weighted by Crippen LogP contribution is 2.13.